The number of phenolic OH excluding ortho intramolecular Hbond substituents is 1. The molecule has 20 heavy (non-hydrogen) atoms. The number of carbonyl (C=O) groups is 1. The highest BCUT2D eigenvalue weighted by Crippen LogP contribution is 2.19. The Balaban J connectivity index is 2.37. The SMILES string of the molecule is CCCCCCCC=CCc1cc(C(=O)O)ccc1O. The number of hydrogen-bond acceptors (Lipinski definition) is 2. The number of carboxylic acids is 1. The lowest BCUT2D eigenvalue weighted by atomic mass is 10.1. The van der Waals surface area contributed by atoms with Gasteiger partial charge in [0.15, 0.2) is 0 Å². The average Bonchev–Trinajstić information content (AvgIpc) is 2.43. The third-order valence-corrected chi connectivity index (χ3v) is 3.31. The standard InChI is InChI=1S/C17H24O3/c1-2-3-4-5-6-7-8-9-10-14-13-15(17(19)20)11-12-16(14)18/h8-9,11-13,18H,2-7,10H2,1H3,(H,19,20). The molecule has 0 saturated heterocycles. The maximum absolute atomic E-state index is 10.9. The Labute approximate surface area is 121 Å². The molecule has 1 aromatic carbocycles. The number of carboxylic acid groups (broad SMARTS) is 1. The number of hydrogen-bond donors (Lipinski definition) is 2. The van der Waals surface area contributed by atoms with Crippen molar-refractivity contribution in [2.24, 2.45) is 0 Å². The highest BCUT2D eigenvalue weighted by molar-refractivity contribution is 5.88. The topological polar surface area (TPSA) is 57.5 Å². The van der Waals surface area contributed by atoms with Crippen LogP contribution in [0.4, 0.5) is 0 Å². The summed E-state index contributed by atoms with van der Waals surface area (Å²) in [7, 11) is 0. The molecule has 0 aromatic heterocycles. The zero-order valence-corrected chi connectivity index (χ0v) is 12.1. The second-order valence-corrected chi connectivity index (χ2v) is 5.03. The second kappa shape index (κ2) is 9.18. The zero-order valence-electron chi connectivity index (χ0n) is 12.1. The smallest absolute Gasteiger partial charge is 0.335 e. The Kier molecular flexibility index (Phi) is 7.48. The number of benzene rings is 1. The Morgan fingerprint density at radius 3 is 2.60 bits per heavy atom. The van der Waals surface area contributed by atoms with Crippen molar-refractivity contribution in [1.82, 2.24) is 0 Å². The number of unbranched alkanes of at least 4 members (excludes halogenated alkanes) is 5. The Hall–Kier alpha value is -1.77. The molecule has 0 heterocycles. The van der Waals surface area contributed by atoms with Crippen LogP contribution in [0.25, 0.3) is 0 Å². The zero-order chi connectivity index (χ0) is 14.8. The first-order valence-electron chi connectivity index (χ1n) is 7.35. The summed E-state index contributed by atoms with van der Waals surface area (Å²) >= 11 is 0. The molecule has 0 fully saturated rings. The van der Waals surface area contributed by atoms with E-state index in [1.165, 1.54) is 50.3 Å². The molecule has 0 amide bonds. The van der Waals surface area contributed by atoms with Crippen LogP contribution in [0, 0.1) is 0 Å². The molecule has 0 bridgehead atoms. The largest absolute Gasteiger partial charge is 0.508 e. The molecule has 1 rings (SSSR count). The van der Waals surface area contributed by atoms with Gasteiger partial charge in [0.1, 0.15) is 5.75 Å². The van der Waals surface area contributed by atoms with Crippen molar-refractivity contribution in [3.63, 3.8) is 0 Å². The van der Waals surface area contributed by atoms with E-state index in [9.17, 15) is 9.90 Å². The fraction of sp³-hybridized carbons (Fsp3) is 0.471. The van der Waals surface area contributed by atoms with Crippen molar-refractivity contribution in [3.05, 3.63) is 41.5 Å². The van der Waals surface area contributed by atoms with E-state index in [4.69, 9.17) is 5.11 Å². The summed E-state index contributed by atoms with van der Waals surface area (Å²) in [6.07, 6.45) is 12.0. The number of phenols is 1. The monoisotopic (exact) mass is 276 g/mol. The van der Waals surface area contributed by atoms with Gasteiger partial charge in [0.25, 0.3) is 0 Å². The van der Waals surface area contributed by atoms with E-state index in [0.717, 1.165) is 6.42 Å². The number of aromatic carboxylic acids is 1. The van der Waals surface area contributed by atoms with E-state index in [2.05, 4.69) is 13.0 Å². The van der Waals surface area contributed by atoms with E-state index in [1.54, 1.807) is 0 Å². The lowest BCUT2D eigenvalue weighted by molar-refractivity contribution is 0.0697. The van der Waals surface area contributed by atoms with Gasteiger partial charge in [-0.3, -0.25) is 0 Å². The average molecular weight is 276 g/mol. The number of allylic oxidation sites excluding steroid dienone is 2. The molecular formula is C17H24O3. The molecule has 0 radical (unpaired) electrons. The van der Waals surface area contributed by atoms with Crippen LogP contribution in [0.1, 0.15) is 61.4 Å². The van der Waals surface area contributed by atoms with Crippen LogP contribution in [0.3, 0.4) is 0 Å². The second-order valence-electron chi connectivity index (χ2n) is 5.03. The fourth-order valence-electron chi connectivity index (χ4n) is 2.08. The molecular weight excluding hydrogens is 252 g/mol. The number of rotatable bonds is 9. The highest BCUT2D eigenvalue weighted by atomic mass is 16.4. The lowest BCUT2D eigenvalue weighted by Gasteiger charge is -2.03. The van der Waals surface area contributed by atoms with E-state index >= 15 is 0 Å². The first-order chi connectivity index (χ1) is 9.65. The van der Waals surface area contributed by atoms with E-state index in [-0.39, 0.29) is 11.3 Å². The van der Waals surface area contributed by atoms with Crippen LogP contribution in [-0.4, -0.2) is 16.2 Å². The van der Waals surface area contributed by atoms with Crippen molar-refractivity contribution in [2.75, 3.05) is 0 Å². The van der Waals surface area contributed by atoms with Gasteiger partial charge in [0.05, 0.1) is 5.56 Å². The minimum atomic E-state index is -0.967. The quantitative estimate of drug-likeness (QED) is 0.514. The maximum Gasteiger partial charge on any atom is 0.335 e. The van der Waals surface area contributed by atoms with Crippen LogP contribution >= 0.6 is 0 Å². The van der Waals surface area contributed by atoms with Gasteiger partial charge in [0, 0.05) is 0 Å². The van der Waals surface area contributed by atoms with Crippen molar-refractivity contribution in [3.8, 4) is 5.75 Å². The molecule has 1 aromatic rings. The van der Waals surface area contributed by atoms with Gasteiger partial charge < -0.3 is 10.2 Å². The minimum absolute atomic E-state index is 0.155. The molecule has 3 heteroatoms. The van der Waals surface area contributed by atoms with E-state index in [0.29, 0.717) is 12.0 Å². The van der Waals surface area contributed by atoms with Gasteiger partial charge >= 0.3 is 5.97 Å². The van der Waals surface area contributed by atoms with Crippen molar-refractivity contribution in [1.29, 1.82) is 0 Å². The summed E-state index contributed by atoms with van der Waals surface area (Å²) in [6, 6.07) is 4.39. The highest BCUT2D eigenvalue weighted by Gasteiger charge is 2.06. The summed E-state index contributed by atoms with van der Waals surface area (Å²) in [4.78, 5) is 10.9. The molecule has 0 unspecified atom stereocenters. The van der Waals surface area contributed by atoms with Crippen LogP contribution in [0.5, 0.6) is 5.75 Å². The molecule has 0 atom stereocenters. The third-order valence-electron chi connectivity index (χ3n) is 3.31. The molecule has 2 N–H and O–H groups in total. The maximum atomic E-state index is 10.9. The molecule has 0 aliphatic heterocycles. The van der Waals surface area contributed by atoms with Gasteiger partial charge in [-0.25, -0.2) is 4.79 Å². The summed E-state index contributed by atoms with van der Waals surface area (Å²) in [5.41, 5.74) is 0.873. The first-order valence-corrected chi connectivity index (χ1v) is 7.35. The molecule has 0 spiro atoms. The molecule has 0 aliphatic carbocycles. The molecule has 0 aliphatic rings. The molecule has 0 saturated carbocycles. The van der Waals surface area contributed by atoms with Crippen LogP contribution in [0.2, 0.25) is 0 Å². The first kappa shape index (κ1) is 16.3. The molecule has 110 valence electrons. The van der Waals surface area contributed by atoms with Crippen molar-refractivity contribution in [2.45, 2.75) is 51.9 Å². The Morgan fingerprint density at radius 1 is 1.15 bits per heavy atom. The normalized spacial score (nSPS) is 11.1. The predicted molar refractivity (Wildman–Crippen MR) is 81.3 cm³/mol. The van der Waals surface area contributed by atoms with Crippen molar-refractivity contribution >= 4 is 5.97 Å². The summed E-state index contributed by atoms with van der Waals surface area (Å²) < 4.78 is 0. The van der Waals surface area contributed by atoms with Gasteiger partial charge in [-0.15, -0.1) is 0 Å². The summed E-state index contributed by atoms with van der Waals surface area (Å²) in [5.74, 6) is -0.811. The Morgan fingerprint density at radius 2 is 1.90 bits per heavy atom. The summed E-state index contributed by atoms with van der Waals surface area (Å²) in [5, 5.41) is 18.6. The van der Waals surface area contributed by atoms with Crippen LogP contribution in [0.15, 0.2) is 30.4 Å². The van der Waals surface area contributed by atoms with Gasteiger partial charge in [-0.2, -0.15) is 0 Å². The minimum Gasteiger partial charge on any atom is -0.508 e. The predicted octanol–water partition coefficient (Wildman–Crippen LogP) is 4.55. The summed E-state index contributed by atoms with van der Waals surface area (Å²) in [6.45, 7) is 2.21. The van der Waals surface area contributed by atoms with Crippen LogP contribution < -0.4 is 0 Å². The third kappa shape index (κ3) is 5.91. The van der Waals surface area contributed by atoms with E-state index < -0.39 is 5.97 Å². The lowest BCUT2D eigenvalue weighted by Crippen LogP contribution is -1.97. The van der Waals surface area contributed by atoms with Gasteiger partial charge in [-0.05, 0) is 43.0 Å². The molecule has 3 nitrogen and oxygen atoms in total. The van der Waals surface area contributed by atoms with Gasteiger partial charge in [-0.1, -0.05) is 44.8 Å². The number of aromatic hydroxyl groups is 1. The van der Waals surface area contributed by atoms with E-state index in [1.807, 2.05) is 6.08 Å². The fourth-order valence-corrected chi connectivity index (χ4v) is 2.08. The Bertz CT molecular complexity index is 450. The van der Waals surface area contributed by atoms with Crippen molar-refractivity contribution < 1.29 is 15.0 Å². The van der Waals surface area contributed by atoms with Crippen LogP contribution in [-0.2, 0) is 6.42 Å². The van der Waals surface area contributed by atoms with Gasteiger partial charge in [0.2, 0.25) is 0 Å².